The summed E-state index contributed by atoms with van der Waals surface area (Å²) >= 11 is 0. The quantitative estimate of drug-likeness (QED) is 0.689. The van der Waals surface area contributed by atoms with Crippen molar-refractivity contribution in [2.75, 3.05) is 30.8 Å². The molecule has 0 aliphatic carbocycles. The number of nitrogens with two attached hydrogens (primary N) is 1. The van der Waals surface area contributed by atoms with Gasteiger partial charge in [0.2, 0.25) is 0 Å². The van der Waals surface area contributed by atoms with E-state index in [1.54, 1.807) is 12.3 Å². The molecule has 5 heteroatoms. The van der Waals surface area contributed by atoms with Gasteiger partial charge in [-0.15, -0.1) is 0 Å². The topological polar surface area (TPSA) is 84.0 Å². The number of nitrogen functional groups attached to an aromatic ring is 1. The van der Waals surface area contributed by atoms with Crippen molar-refractivity contribution in [2.45, 2.75) is 26.2 Å². The highest BCUT2D eigenvalue weighted by Gasteiger charge is 2.04. The summed E-state index contributed by atoms with van der Waals surface area (Å²) in [5.41, 5.74) is 6.66. The van der Waals surface area contributed by atoms with Crippen LogP contribution in [0.25, 0.3) is 0 Å². The second-order valence-electron chi connectivity index (χ2n) is 3.98. The number of ether oxygens (including phenoxy) is 1. The molecule has 0 aliphatic heterocycles. The molecule has 98 valence electrons. The third kappa shape index (κ3) is 4.60. The lowest BCUT2D eigenvalue weighted by Crippen LogP contribution is -2.09. The van der Waals surface area contributed by atoms with E-state index in [1.807, 2.05) is 6.07 Å². The van der Waals surface area contributed by atoms with Gasteiger partial charge in [-0.1, -0.05) is 13.3 Å². The predicted octanol–water partition coefficient (Wildman–Crippen LogP) is 2.15. The SMILES string of the molecule is CCCCOCCCNc1nccc(C#N)c1N. The molecule has 18 heavy (non-hydrogen) atoms. The molecule has 5 nitrogen and oxygen atoms in total. The van der Waals surface area contributed by atoms with Crippen molar-refractivity contribution in [1.82, 2.24) is 4.98 Å². The lowest BCUT2D eigenvalue weighted by molar-refractivity contribution is 0.131. The van der Waals surface area contributed by atoms with Crippen LogP contribution in [-0.2, 0) is 4.74 Å². The van der Waals surface area contributed by atoms with Gasteiger partial charge in [-0.05, 0) is 18.9 Å². The molecule has 1 aromatic rings. The predicted molar refractivity (Wildman–Crippen MR) is 72.2 cm³/mol. The highest BCUT2D eigenvalue weighted by atomic mass is 16.5. The van der Waals surface area contributed by atoms with E-state index in [0.29, 0.717) is 17.1 Å². The Morgan fingerprint density at radius 3 is 2.94 bits per heavy atom. The van der Waals surface area contributed by atoms with E-state index in [0.717, 1.165) is 39.0 Å². The number of aromatic nitrogens is 1. The molecule has 0 atom stereocenters. The zero-order valence-corrected chi connectivity index (χ0v) is 10.8. The minimum absolute atomic E-state index is 0.409. The first-order valence-electron chi connectivity index (χ1n) is 6.25. The van der Waals surface area contributed by atoms with Gasteiger partial charge in [-0.2, -0.15) is 5.26 Å². The molecule has 3 N–H and O–H groups in total. The largest absolute Gasteiger partial charge is 0.395 e. The van der Waals surface area contributed by atoms with E-state index in [1.165, 1.54) is 0 Å². The first-order valence-corrected chi connectivity index (χ1v) is 6.25. The monoisotopic (exact) mass is 248 g/mol. The summed E-state index contributed by atoms with van der Waals surface area (Å²) in [5, 5.41) is 11.9. The number of anilines is 2. The number of hydrogen-bond donors (Lipinski definition) is 2. The maximum atomic E-state index is 8.83. The molecule has 0 spiro atoms. The van der Waals surface area contributed by atoms with Crippen molar-refractivity contribution in [3.8, 4) is 6.07 Å². The van der Waals surface area contributed by atoms with Gasteiger partial charge in [0.15, 0.2) is 5.82 Å². The molecule has 0 aromatic carbocycles. The van der Waals surface area contributed by atoms with E-state index < -0.39 is 0 Å². The molecule has 0 radical (unpaired) electrons. The van der Waals surface area contributed by atoms with Crippen LogP contribution in [0, 0.1) is 11.3 Å². The molecular weight excluding hydrogens is 228 g/mol. The van der Waals surface area contributed by atoms with E-state index >= 15 is 0 Å². The molecule has 1 heterocycles. The Bertz CT molecular complexity index is 400. The number of unbranched alkanes of at least 4 members (excludes halogenated alkanes) is 1. The Hall–Kier alpha value is -1.80. The van der Waals surface area contributed by atoms with Crippen molar-refractivity contribution >= 4 is 11.5 Å². The normalized spacial score (nSPS) is 10.0. The minimum atomic E-state index is 0.409. The molecule has 0 aliphatic rings. The summed E-state index contributed by atoms with van der Waals surface area (Å²) in [6, 6.07) is 3.64. The average molecular weight is 248 g/mol. The Morgan fingerprint density at radius 2 is 2.22 bits per heavy atom. The standard InChI is InChI=1S/C13H20N4O/c1-2-3-8-18-9-4-6-16-13-12(15)11(10-14)5-7-17-13/h5,7H,2-4,6,8-9,15H2,1H3,(H,16,17). The van der Waals surface area contributed by atoms with Crippen LogP contribution in [0.15, 0.2) is 12.3 Å². The number of pyridine rings is 1. The van der Waals surface area contributed by atoms with Gasteiger partial charge in [0, 0.05) is 26.0 Å². The van der Waals surface area contributed by atoms with Gasteiger partial charge in [0.1, 0.15) is 6.07 Å². The lowest BCUT2D eigenvalue weighted by Gasteiger charge is -2.09. The molecule has 0 fully saturated rings. The third-order valence-electron chi connectivity index (χ3n) is 2.51. The van der Waals surface area contributed by atoms with Crippen molar-refractivity contribution in [3.63, 3.8) is 0 Å². The third-order valence-corrected chi connectivity index (χ3v) is 2.51. The summed E-state index contributed by atoms with van der Waals surface area (Å²) < 4.78 is 5.44. The van der Waals surface area contributed by atoms with Gasteiger partial charge in [-0.3, -0.25) is 0 Å². The highest BCUT2D eigenvalue weighted by Crippen LogP contribution is 2.18. The molecule has 0 saturated heterocycles. The van der Waals surface area contributed by atoms with Crippen LogP contribution in [0.5, 0.6) is 0 Å². The summed E-state index contributed by atoms with van der Waals surface area (Å²) in [6.07, 6.45) is 4.72. The summed E-state index contributed by atoms with van der Waals surface area (Å²) in [5.74, 6) is 0.572. The van der Waals surface area contributed by atoms with Crippen LogP contribution in [0.3, 0.4) is 0 Å². The van der Waals surface area contributed by atoms with E-state index in [-0.39, 0.29) is 0 Å². The molecule has 0 unspecified atom stereocenters. The fourth-order valence-corrected chi connectivity index (χ4v) is 1.44. The average Bonchev–Trinajstić information content (AvgIpc) is 2.39. The van der Waals surface area contributed by atoms with Gasteiger partial charge in [0.25, 0.3) is 0 Å². The highest BCUT2D eigenvalue weighted by molar-refractivity contribution is 5.68. The summed E-state index contributed by atoms with van der Waals surface area (Å²) in [4.78, 5) is 4.11. The first-order chi connectivity index (χ1) is 8.79. The number of rotatable bonds is 8. The number of nitrogens with zero attached hydrogens (tertiary/aromatic N) is 2. The van der Waals surface area contributed by atoms with Crippen molar-refractivity contribution in [1.29, 1.82) is 5.26 Å². The second kappa shape index (κ2) is 8.31. The maximum absolute atomic E-state index is 8.83. The molecule has 0 amide bonds. The van der Waals surface area contributed by atoms with Gasteiger partial charge >= 0.3 is 0 Å². The van der Waals surface area contributed by atoms with Crippen LogP contribution >= 0.6 is 0 Å². The molecule has 0 saturated carbocycles. The van der Waals surface area contributed by atoms with Gasteiger partial charge in [0.05, 0.1) is 11.3 Å². The minimum Gasteiger partial charge on any atom is -0.395 e. The van der Waals surface area contributed by atoms with Crippen LogP contribution in [0.2, 0.25) is 0 Å². The number of nitrogens with one attached hydrogen (secondary N) is 1. The molecule has 1 rings (SSSR count). The number of nitriles is 1. The van der Waals surface area contributed by atoms with E-state index in [4.69, 9.17) is 15.7 Å². The molecule has 1 aromatic heterocycles. The Balaban J connectivity index is 2.26. The fraction of sp³-hybridized carbons (Fsp3) is 0.538. The smallest absolute Gasteiger partial charge is 0.150 e. The van der Waals surface area contributed by atoms with Crippen LogP contribution in [0.4, 0.5) is 11.5 Å². The van der Waals surface area contributed by atoms with Crippen molar-refractivity contribution in [3.05, 3.63) is 17.8 Å². The van der Waals surface area contributed by atoms with Crippen LogP contribution < -0.4 is 11.1 Å². The zero-order valence-electron chi connectivity index (χ0n) is 10.8. The van der Waals surface area contributed by atoms with Crippen LogP contribution in [-0.4, -0.2) is 24.7 Å². The van der Waals surface area contributed by atoms with E-state index in [9.17, 15) is 0 Å². The van der Waals surface area contributed by atoms with Gasteiger partial charge in [-0.25, -0.2) is 4.98 Å². The molecule has 0 bridgehead atoms. The maximum Gasteiger partial charge on any atom is 0.150 e. The van der Waals surface area contributed by atoms with Crippen molar-refractivity contribution in [2.24, 2.45) is 0 Å². The number of hydrogen-bond acceptors (Lipinski definition) is 5. The van der Waals surface area contributed by atoms with Gasteiger partial charge < -0.3 is 15.8 Å². The first kappa shape index (κ1) is 14.3. The Kier molecular flexibility index (Phi) is 6.59. The summed E-state index contributed by atoms with van der Waals surface area (Å²) in [6.45, 7) is 4.42. The molecular formula is C13H20N4O. The van der Waals surface area contributed by atoms with Crippen molar-refractivity contribution < 1.29 is 4.74 Å². The second-order valence-corrected chi connectivity index (χ2v) is 3.98. The Morgan fingerprint density at radius 1 is 1.44 bits per heavy atom. The fourth-order valence-electron chi connectivity index (χ4n) is 1.44. The van der Waals surface area contributed by atoms with E-state index in [2.05, 4.69) is 17.2 Å². The Labute approximate surface area is 108 Å². The zero-order chi connectivity index (χ0) is 13.2. The van der Waals surface area contributed by atoms with Crippen LogP contribution in [0.1, 0.15) is 31.7 Å². The summed E-state index contributed by atoms with van der Waals surface area (Å²) in [7, 11) is 0. The lowest BCUT2D eigenvalue weighted by atomic mass is 10.2.